The molecule has 2 aromatic rings. The molecule has 0 unspecified atom stereocenters. The Kier molecular flexibility index (Phi) is 3.41. The quantitative estimate of drug-likeness (QED) is 0.857. The SMILES string of the molecule is Cc1ccc(N2N=C(c3ccc4c(c3)CCC4)CCC2=O)nn1. The largest absolute Gasteiger partial charge is 0.272 e. The minimum Gasteiger partial charge on any atom is -0.272 e. The molecular formula is C18H18N4O. The molecule has 2 aliphatic rings. The number of anilines is 1. The van der Waals surface area contributed by atoms with Crippen molar-refractivity contribution in [1.29, 1.82) is 0 Å². The molecule has 1 aliphatic carbocycles. The van der Waals surface area contributed by atoms with Crippen LogP contribution in [0.4, 0.5) is 5.82 Å². The smallest absolute Gasteiger partial charge is 0.249 e. The highest BCUT2D eigenvalue weighted by Crippen LogP contribution is 2.26. The van der Waals surface area contributed by atoms with Crippen molar-refractivity contribution in [2.24, 2.45) is 5.10 Å². The van der Waals surface area contributed by atoms with Gasteiger partial charge in [-0.1, -0.05) is 12.1 Å². The molecule has 4 rings (SSSR count). The van der Waals surface area contributed by atoms with Crippen molar-refractivity contribution in [3.05, 3.63) is 52.7 Å². The highest BCUT2D eigenvalue weighted by Gasteiger charge is 2.24. The highest BCUT2D eigenvalue weighted by molar-refractivity contribution is 6.08. The first kappa shape index (κ1) is 14.1. The van der Waals surface area contributed by atoms with Gasteiger partial charge >= 0.3 is 0 Å². The maximum Gasteiger partial charge on any atom is 0.249 e. The van der Waals surface area contributed by atoms with Crippen molar-refractivity contribution in [3.63, 3.8) is 0 Å². The third kappa shape index (κ3) is 2.63. The molecule has 0 saturated carbocycles. The zero-order chi connectivity index (χ0) is 15.8. The van der Waals surface area contributed by atoms with E-state index in [4.69, 9.17) is 0 Å². The molecule has 2 heterocycles. The maximum absolute atomic E-state index is 12.2. The predicted molar refractivity (Wildman–Crippen MR) is 88.5 cm³/mol. The molecule has 1 aliphatic heterocycles. The predicted octanol–water partition coefficient (Wildman–Crippen LogP) is 2.80. The Balaban J connectivity index is 1.70. The molecule has 0 radical (unpaired) electrons. The fourth-order valence-corrected chi connectivity index (χ4v) is 3.19. The lowest BCUT2D eigenvalue weighted by Crippen LogP contribution is -2.32. The number of fused-ring (bicyclic) bond motifs is 1. The number of hydrazone groups is 1. The summed E-state index contributed by atoms with van der Waals surface area (Å²) in [4.78, 5) is 12.2. The number of nitrogens with zero attached hydrogens (tertiary/aromatic N) is 4. The van der Waals surface area contributed by atoms with Gasteiger partial charge in [0, 0.05) is 12.8 Å². The minimum atomic E-state index is -0.0342. The second kappa shape index (κ2) is 5.57. The van der Waals surface area contributed by atoms with E-state index in [0.29, 0.717) is 18.7 Å². The van der Waals surface area contributed by atoms with E-state index < -0.39 is 0 Å². The standard InChI is InChI=1S/C18H18N4O/c1-12-5-9-17(20-19-12)22-18(23)10-8-16(21-22)15-7-6-13-3-2-4-14(13)11-15/h5-7,9,11H,2-4,8,10H2,1H3. The van der Waals surface area contributed by atoms with Crippen molar-refractivity contribution in [1.82, 2.24) is 10.2 Å². The van der Waals surface area contributed by atoms with Crippen molar-refractivity contribution in [3.8, 4) is 0 Å². The summed E-state index contributed by atoms with van der Waals surface area (Å²) < 4.78 is 0. The van der Waals surface area contributed by atoms with Gasteiger partial charge in [-0.2, -0.15) is 15.2 Å². The van der Waals surface area contributed by atoms with Gasteiger partial charge in [-0.3, -0.25) is 4.79 Å². The average Bonchev–Trinajstić information content (AvgIpc) is 3.04. The Hall–Kier alpha value is -2.56. The van der Waals surface area contributed by atoms with E-state index in [1.54, 1.807) is 6.07 Å². The van der Waals surface area contributed by atoms with Crippen LogP contribution in [-0.4, -0.2) is 21.8 Å². The van der Waals surface area contributed by atoms with Gasteiger partial charge < -0.3 is 0 Å². The first-order valence-corrected chi connectivity index (χ1v) is 8.04. The van der Waals surface area contributed by atoms with Crippen LogP contribution in [0.3, 0.4) is 0 Å². The van der Waals surface area contributed by atoms with Gasteiger partial charge in [-0.05, 0) is 61.1 Å². The van der Waals surface area contributed by atoms with Crippen molar-refractivity contribution in [2.75, 3.05) is 5.01 Å². The first-order chi connectivity index (χ1) is 11.2. The van der Waals surface area contributed by atoms with Crippen LogP contribution in [0.5, 0.6) is 0 Å². The summed E-state index contributed by atoms with van der Waals surface area (Å²) in [6.07, 6.45) is 4.67. The lowest BCUT2D eigenvalue weighted by molar-refractivity contribution is -0.118. The highest BCUT2D eigenvalue weighted by atomic mass is 16.2. The second-order valence-corrected chi connectivity index (χ2v) is 6.12. The molecule has 0 N–H and O–H groups in total. The Morgan fingerprint density at radius 3 is 2.65 bits per heavy atom. The van der Waals surface area contributed by atoms with Crippen LogP contribution in [0.15, 0.2) is 35.4 Å². The third-order valence-electron chi connectivity index (χ3n) is 4.47. The number of aryl methyl sites for hydroxylation is 3. The third-order valence-corrected chi connectivity index (χ3v) is 4.47. The van der Waals surface area contributed by atoms with E-state index in [-0.39, 0.29) is 5.91 Å². The van der Waals surface area contributed by atoms with Gasteiger partial charge in [-0.25, -0.2) is 0 Å². The summed E-state index contributed by atoms with van der Waals surface area (Å²) in [5, 5.41) is 14.1. The Morgan fingerprint density at radius 1 is 0.957 bits per heavy atom. The fraction of sp³-hybridized carbons (Fsp3) is 0.333. The number of carbonyl (C=O) groups excluding carboxylic acids is 1. The summed E-state index contributed by atoms with van der Waals surface area (Å²) in [5.74, 6) is 0.451. The van der Waals surface area contributed by atoms with Gasteiger partial charge in [0.25, 0.3) is 0 Å². The van der Waals surface area contributed by atoms with E-state index >= 15 is 0 Å². The van der Waals surface area contributed by atoms with E-state index in [9.17, 15) is 4.79 Å². The summed E-state index contributed by atoms with van der Waals surface area (Å²) in [6, 6.07) is 10.2. The minimum absolute atomic E-state index is 0.0342. The van der Waals surface area contributed by atoms with Crippen LogP contribution in [0.25, 0.3) is 0 Å². The molecule has 0 fully saturated rings. The van der Waals surface area contributed by atoms with Gasteiger partial charge in [0.15, 0.2) is 5.82 Å². The molecule has 23 heavy (non-hydrogen) atoms. The molecule has 0 bridgehead atoms. The summed E-state index contributed by atoms with van der Waals surface area (Å²) in [6.45, 7) is 1.87. The number of amides is 1. The van der Waals surface area contributed by atoms with E-state index in [2.05, 4.69) is 33.5 Å². The lowest BCUT2D eigenvalue weighted by atomic mass is 10.00. The molecule has 1 aromatic carbocycles. The number of rotatable bonds is 2. The molecule has 0 spiro atoms. The monoisotopic (exact) mass is 306 g/mol. The van der Waals surface area contributed by atoms with Crippen LogP contribution in [-0.2, 0) is 17.6 Å². The number of carbonyl (C=O) groups is 1. The molecule has 1 aromatic heterocycles. The summed E-state index contributed by atoms with van der Waals surface area (Å²) in [5.41, 5.74) is 5.75. The Labute approximate surface area is 135 Å². The molecule has 1 amide bonds. The zero-order valence-corrected chi connectivity index (χ0v) is 13.1. The number of hydrogen-bond acceptors (Lipinski definition) is 4. The molecule has 0 saturated heterocycles. The van der Waals surface area contributed by atoms with Gasteiger partial charge in [0.05, 0.1) is 11.4 Å². The van der Waals surface area contributed by atoms with Crippen molar-refractivity contribution in [2.45, 2.75) is 39.0 Å². The average molecular weight is 306 g/mol. The maximum atomic E-state index is 12.2. The molecule has 0 atom stereocenters. The summed E-state index contributed by atoms with van der Waals surface area (Å²) >= 11 is 0. The van der Waals surface area contributed by atoms with Crippen LogP contribution < -0.4 is 5.01 Å². The van der Waals surface area contributed by atoms with E-state index in [0.717, 1.165) is 23.4 Å². The Morgan fingerprint density at radius 2 is 1.83 bits per heavy atom. The second-order valence-electron chi connectivity index (χ2n) is 6.12. The van der Waals surface area contributed by atoms with Crippen LogP contribution in [0.1, 0.15) is 41.6 Å². The Bertz CT molecular complexity index is 795. The van der Waals surface area contributed by atoms with Crippen molar-refractivity contribution < 1.29 is 4.79 Å². The number of hydrogen-bond donors (Lipinski definition) is 0. The molecule has 116 valence electrons. The van der Waals surface area contributed by atoms with Gasteiger partial charge in [0.1, 0.15) is 0 Å². The van der Waals surface area contributed by atoms with Gasteiger partial charge in [0.2, 0.25) is 5.91 Å². The van der Waals surface area contributed by atoms with E-state index in [1.165, 1.54) is 29.0 Å². The molecule has 5 heteroatoms. The molecule has 5 nitrogen and oxygen atoms in total. The van der Waals surface area contributed by atoms with Crippen molar-refractivity contribution >= 4 is 17.4 Å². The number of aromatic nitrogens is 2. The number of benzene rings is 1. The first-order valence-electron chi connectivity index (χ1n) is 8.04. The van der Waals surface area contributed by atoms with Crippen LogP contribution in [0, 0.1) is 6.92 Å². The van der Waals surface area contributed by atoms with Gasteiger partial charge in [-0.15, -0.1) is 5.10 Å². The van der Waals surface area contributed by atoms with Crippen LogP contribution in [0.2, 0.25) is 0 Å². The lowest BCUT2D eigenvalue weighted by Gasteiger charge is -2.22. The zero-order valence-electron chi connectivity index (χ0n) is 13.1. The van der Waals surface area contributed by atoms with E-state index in [1.807, 2.05) is 13.0 Å². The normalized spacial score (nSPS) is 17.2. The summed E-state index contributed by atoms with van der Waals surface area (Å²) in [7, 11) is 0. The fourth-order valence-electron chi connectivity index (χ4n) is 3.19. The molecular weight excluding hydrogens is 288 g/mol. The van der Waals surface area contributed by atoms with Crippen LogP contribution >= 0.6 is 0 Å². The topological polar surface area (TPSA) is 58.5 Å².